The van der Waals surface area contributed by atoms with E-state index in [9.17, 15) is 0 Å². The van der Waals surface area contributed by atoms with E-state index in [0.717, 1.165) is 6.54 Å². The van der Waals surface area contributed by atoms with Gasteiger partial charge in [0.2, 0.25) is 0 Å². The third-order valence-electron chi connectivity index (χ3n) is 2.62. The Labute approximate surface area is 193 Å². The van der Waals surface area contributed by atoms with Gasteiger partial charge in [-0.3, -0.25) is 10.4 Å². The summed E-state index contributed by atoms with van der Waals surface area (Å²) in [4.78, 5) is 7.75. The molecule has 0 aliphatic carbocycles. The van der Waals surface area contributed by atoms with Gasteiger partial charge < -0.3 is 34.4 Å². The van der Waals surface area contributed by atoms with Crippen LogP contribution < -0.4 is 34.4 Å². The van der Waals surface area contributed by atoms with Gasteiger partial charge in [0.15, 0.2) is 11.9 Å². The minimum Gasteiger partial charge on any atom is -0.387 e. The van der Waals surface area contributed by atoms with Crippen LogP contribution in [0.25, 0.3) is 0 Å². The first kappa shape index (κ1) is 39.4. The summed E-state index contributed by atoms with van der Waals surface area (Å²) in [5.74, 6) is 0.565. The van der Waals surface area contributed by atoms with Crippen molar-refractivity contribution in [3.05, 3.63) is 0 Å². The quantitative estimate of drug-likeness (QED) is 0.237. The number of nitrogens with two attached hydrogens (primary N) is 6. The lowest BCUT2D eigenvalue weighted by Crippen LogP contribution is -2.27. The van der Waals surface area contributed by atoms with E-state index < -0.39 is 0 Å². The zero-order valence-corrected chi connectivity index (χ0v) is 21.8. The van der Waals surface area contributed by atoms with Crippen LogP contribution in [0.3, 0.4) is 0 Å². The Morgan fingerprint density at radius 3 is 1.00 bits per heavy atom. The fourth-order valence-electron chi connectivity index (χ4n) is 0.716. The Bertz CT molecular complexity index is 501. The third-order valence-corrected chi connectivity index (χ3v) is 2.62. The summed E-state index contributed by atoms with van der Waals surface area (Å²) in [5, 5.41) is 6.92. The Morgan fingerprint density at radius 2 is 0.968 bits per heavy atom. The number of nitrogens with one attached hydrogen (secondary N) is 1. The molecular weight excluding hydrogens is 390 g/mol. The van der Waals surface area contributed by atoms with Crippen LogP contribution in [0.2, 0.25) is 0 Å². The first-order valence-corrected chi connectivity index (χ1v) is 10.0. The number of aliphatic imine (C=N–C) groups is 2. The normalized spacial score (nSPS) is 10.9. The van der Waals surface area contributed by atoms with Crippen molar-refractivity contribution in [3.63, 3.8) is 0 Å². The molecule has 9 heteroatoms. The molecule has 31 heavy (non-hydrogen) atoms. The second kappa shape index (κ2) is 16.6. The smallest absolute Gasteiger partial charge is 0.186 e. The lowest BCUT2D eigenvalue weighted by atomic mass is 9.96. The van der Waals surface area contributed by atoms with E-state index in [0.29, 0.717) is 12.0 Å². The summed E-state index contributed by atoms with van der Waals surface area (Å²) >= 11 is 0. The van der Waals surface area contributed by atoms with E-state index in [4.69, 9.17) is 39.8 Å². The standard InChI is InChI=1S/C6H15N3.C5H13N3.C5H12N2.C5H13N.CH4/c1-6(2,3)4-9-5(7)8;1-5(2,3)8-4(6)7;1-5(2,3)4(6)7;1-5(2,3)4-6;/h4H2,1-3H3,(H4,7,8,9);1-3H3,(H4,6,7,8);1-3H3,(H3,6,7);4,6H2,1-3H3;1H4. The highest BCUT2D eigenvalue weighted by Gasteiger charge is 2.12. The van der Waals surface area contributed by atoms with Crippen LogP contribution in [0.5, 0.6) is 0 Å². The summed E-state index contributed by atoms with van der Waals surface area (Å²) in [7, 11) is 0. The predicted molar refractivity (Wildman–Crippen MR) is 142 cm³/mol. The van der Waals surface area contributed by atoms with E-state index in [1.807, 2.05) is 41.5 Å². The first-order valence-electron chi connectivity index (χ1n) is 10.0. The van der Waals surface area contributed by atoms with Gasteiger partial charge in [0, 0.05) is 12.0 Å². The van der Waals surface area contributed by atoms with Crippen molar-refractivity contribution in [1.29, 1.82) is 5.41 Å². The van der Waals surface area contributed by atoms with Gasteiger partial charge in [-0.25, -0.2) is 4.99 Å². The van der Waals surface area contributed by atoms with Crippen molar-refractivity contribution < 1.29 is 0 Å². The average Bonchev–Trinajstić information content (AvgIpc) is 2.42. The molecular formula is C22H57N9. The number of hydrogen-bond acceptors (Lipinski definition) is 4. The molecule has 0 unspecified atom stereocenters. The third kappa shape index (κ3) is 58.4. The van der Waals surface area contributed by atoms with Gasteiger partial charge >= 0.3 is 0 Å². The van der Waals surface area contributed by atoms with Gasteiger partial charge in [0.1, 0.15) is 0 Å². The van der Waals surface area contributed by atoms with E-state index in [2.05, 4.69) is 51.5 Å². The lowest BCUT2D eigenvalue weighted by Gasteiger charge is -2.14. The van der Waals surface area contributed by atoms with Crippen LogP contribution in [0.1, 0.15) is 90.5 Å². The van der Waals surface area contributed by atoms with Gasteiger partial charge in [0.25, 0.3) is 0 Å². The summed E-state index contributed by atoms with van der Waals surface area (Å²) < 4.78 is 0. The largest absolute Gasteiger partial charge is 0.387 e. The molecule has 0 aromatic heterocycles. The fourth-order valence-corrected chi connectivity index (χ4v) is 0.716. The van der Waals surface area contributed by atoms with E-state index in [1.165, 1.54) is 0 Å². The minimum atomic E-state index is -0.140. The molecule has 0 aliphatic rings. The molecule has 0 aromatic carbocycles. The molecule has 0 atom stereocenters. The van der Waals surface area contributed by atoms with Gasteiger partial charge in [-0.05, 0) is 38.1 Å². The first-order chi connectivity index (χ1) is 12.8. The second-order valence-electron chi connectivity index (χ2n) is 11.4. The average molecular weight is 448 g/mol. The molecule has 0 saturated heterocycles. The van der Waals surface area contributed by atoms with Crippen molar-refractivity contribution in [2.45, 2.75) is 96.1 Å². The molecule has 0 spiro atoms. The molecule has 0 bridgehead atoms. The SMILES string of the molecule is C.CC(C)(C)C(=N)N.CC(C)(C)CN.CC(C)(C)CN=C(N)N.CC(C)(C)N=C(N)N. The van der Waals surface area contributed by atoms with Gasteiger partial charge in [0.05, 0.1) is 11.4 Å². The van der Waals surface area contributed by atoms with Crippen LogP contribution in [0.4, 0.5) is 0 Å². The fraction of sp³-hybridized carbons (Fsp3) is 0.864. The van der Waals surface area contributed by atoms with Gasteiger partial charge in [-0.2, -0.15) is 0 Å². The summed E-state index contributed by atoms with van der Waals surface area (Å²) in [5.41, 5.74) is 31.2. The van der Waals surface area contributed by atoms with Crippen LogP contribution in [-0.4, -0.2) is 36.4 Å². The van der Waals surface area contributed by atoms with Crippen LogP contribution in [-0.2, 0) is 0 Å². The number of rotatable bonds is 1. The highest BCUT2D eigenvalue weighted by atomic mass is 15.0. The maximum atomic E-state index is 6.92. The van der Waals surface area contributed by atoms with Crippen LogP contribution in [0.15, 0.2) is 9.98 Å². The summed E-state index contributed by atoms with van der Waals surface area (Å²) in [6, 6.07) is 0. The molecule has 0 fully saturated rings. The van der Waals surface area contributed by atoms with E-state index >= 15 is 0 Å². The Kier molecular flexibility index (Phi) is 21.2. The number of nitrogens with zero attached hydrogens (tertiary/aromatic N) is 2. The molecule has 0 radical (unpaired) electrons. The Morgan fingerprint density at radius 1 is 0.677 bits per heavy atom. The highest BCUT2D eigenvalue weighted by molar-refractivity contribution is 5.82. The molecule has 0 rings (SSSR count). The monoisotopic (exact) mass is 447 g/mol. The van der Waals surface area contributed by atoms with Crippen molar-refractivity contribution in [3.8, 4) is 0 Å². The van der Waals surface area contributed by atoms with Crippen molar-refractivity contribution in [2.75, 3.05) is 13.1 Å². The number of guanidine groups is 2. The number of amidine groups is 1. The Balaban J connectivity index is -0.0000000969. The zero-order chi connectivity index (χ0) is 25.6. The molecule has 13 N–H and O–H groups in total. The maximum Gasteiger partial charge on any atom is 0.186 e. The maximum absolute atomic E-state index is 6.92. The van der Waals surface area contributed by atoms with Crippen molar-refractivity contribution >= 4 is 17.8 Å². The van der Waals surface area contributed by atoms with Crippen molar-refractivity contribution in [1.82, 2.24) is 0 Å². The molecule has 0 amide bonds. The van der Waals surface area contributed by atoms with Gasteiger partial charge in [-0.15, -0.1) is 0 Å². The molecule has 0 aromatic rings. The topological polar surface area (TPSA) is 205 Å². The van der Waals surface area contributed by atoms with Gasteiger partial charge in [-0.1, -0.05) is 69.7 Å². The predicted octanol–water partition coefficient (Wildman–Crippen LogP) is 2.96. The molecule has 0 saturated carbocycles. The van der Waals surface area contributed by atoms with Crippen LogP contribution >= 0.6 is 0 Å². The summed E-state index contributed by atoms with van der Waals surface area (Å²) in [6.45, 7) is 25.6. The van der Waals surface area contributed by atoms with E-state index in [1.54, 1.807) is 0 Å². The van der Waals surface area contributed by atoms with Crippen molar-refractivity contribution in [2.24, 2.45) is 60.6 Å². The van der Waals surface area contributed by atoms with E-state index in [-0.39, 0.29) is 41.6 Å². The molecule has 0 aliphatic heterocycles. The van der Waals surface area contributed by atoms with Crippen LogP contribution in [0, 0.1) is 21.7 Å². The lowest BCUT2D eigenvalue weighted by molar-refractivity contribution is 0.428. The Hall–Kier alpha value is -2.03. The molecule has 9 nitrogen and oxygen atoms in total. The second-order valence-corrected chi connectivity index (χ2v) is 11.4. The number of hydrogen-bond donors (Lipinski definition) is 7. The molecule has 0 heterocycles. The zero-order valence-electron chi connectivity index (χ0n) is 21.8. The minimum absolute atomic E-state index is 0. The summed E-state index contributed by atoms with van der Waals surface area (Å²) in [6.07, 6.45) is 0. The molecule has 190 valence electrons. The highest BCUT2D eigenvalue weighted by Crippen LogP contribution is 2.12.